The number of nitrogens with two attached hydrogens (primary N) is 1. The summed E-state index contributed by atoms with van der Waals surface area (Å²) in [6.07, 6.45) is -4.80. The standard InChI is InChI=1S/C8H5ClF3NO2/c9-3-1-4(8(10,11)12)6(7(14)15)5(13)2-3/h1-2H,13H2,(H,14,15). The predicted molar refractivity (Wildman–Crippen MR) is 47.8 cm³/mol. The Labute approximate surface area is 87.3 Å². The molecule has 0 radical (unpaired) electrons. The number of rotatable bonds is 1. The van der Waals surface area contributed by atoms with Crippen molar-refractivity contribution in [2.45, 2.75) is 6.18 Å². The van der Waals surface area contributed by atoms with Crippen molar-refractivity contribution >= 4 is 23.3 Å². The Hall–Kier alpha value is -1.43. The molecule has 7 heteroatoms. The highest BCUT2D eigenvalue weighted by atomic mass is 35.5. The molecule has 0 aromatic heterocycles. The normalized spacial score (nSPS) is 11.5. The second-order valence-electron chi connectivity index (χ2n) is 2.72. The lowest BCUT2D eigenvalue weighted by Crippen LogP contribution is -2.15. The second-order valence-corrected chi connectivity index (χ2v) is 3.16. The Kier molecular flexibility index (Phi) is 2.81. The Balaban J connectivity index is 3.54. The minimum Gasteiger partial charge on any atom is -0.478 e. The zero-order valence-corrected chi connectivity index (χ0v) is 7.86. The van der Waals surface area contributed by atoms with Crippen LogP contribution in [0.3, 0.4) is 0 Å². The topological polar surface area (TPSA) is 63.3 Å². The molecule has 1 aromatic rings. The van der Waals surface area contributed by atoms with Gasteiger partial charge in [-0.3, -0.25) is 0 Å². The van der Waals surface area contributed by atoms with Gasteiger partial charge >= 0.3 is 12.1 Å². The van der Waals surface area contributed by atoms with E-state index in [0.717, 1.165) is 6.07 Å². The molecule has 15 heavy (non-hydrogen) atoms. The number of carbonyl (C=O) groups is 1. The van der Waals surface area contributed by atoms with E-state index < -0.39 is 29.0 Å². The van der Waals surface area contributed by atoms with Crippen LogP contribution in [0.25, 0.3) is 0 Å². The first-order valence-corrected chi connectivity index (χ1v) is 4.01. The van der Waals surface area contributed by atoms with Crippen LogP contribution in [0.5, 0.6) is 0 Å². The van der Waals surface area contributed by atoms with Crippen molar-refractivity contribution in [1.29, 1.82) is 0 Å². The number of hydrogen-bond acceptors (Lipinski definition) is 2. The summed E-state index contributed by atoms with van der Waals surface area (Å²) in [5.74, 6) is -1.74. The summed E-state index contributed by atoms with van der Waals surface area (Å²) in [7, 11) is 0. The maximum Gasteiger partial charge on any atom is 0.417 e. The van der Waals surface area contributed by atoms with Gasteiger partial charge in [0.2, 0.25) is 0 Å². The average molecular weight is 240 g/mol. The molecule has 3 nitrogen and oxygen atoms in total. The molecule has 3 N–H and O–H groups in total. The maximum absolute atomic E-state index is 12.4. The number of alkyl halides is 3. The van der Waals surface area contributed by atoms with Crippen LogP contribution in [0.4, 0.5) is 18.9 Å². The summed E-state index contributed by atoms with van der Waals surface area (Å²) >= 11 is 5.36. The van der Waals surface area contributed by atoms with Gasteiger partial charge in [0.1, 0.15) is 0 Å². The molecule has 82 valence electrons. The third-order valence-corrected chi connectivity index (χ3v) is 1.87. The summed E-state index contributed by atoms with van der Waals surface area (Å²) in [5, 5.41) is 8.32. The highest BCUT2D eigenvalue weighted by Crippen LogP contribution is 2.36. The van der Waals surface area contributed by atoms with Gasteiger partial charge in [-0.15, -0.1) is 0 Å². The van der Waals surface area contributed by atoms with Crippen LogP contribution in [0.1, 0.15) is 15.9 Å². The van der Waals surface area contributed by atoms with Crippen molar-refractivity contribution < 1.29 is 23.1 Å². The van der Waals surface area contributed by atoms with Gasteiger partial charge in [-0.25, -0.2) is 4.79 Å². The van der Waals surface area contributed by atoms with E-state index >= 15 is 0 Å². The third kappa shape index (κ3) is 2.33. The van der Waals surface area contributed by atoms with E-state index in [4.69, 9.17) is 22.4 Å². The van der Waals surface area contributed by atoms with Gasteiger partial charge in [0.25, 0.3) is 0 Å². The van der Waals surface area contributed by atoms with E-state index in [1.807, 2.05) is 0 Å². The Morgan fingerprint density at radius 2 is 1.93 bits per heavy atom. The van der Waals surface area contributed by atoms with E-state index in [9.17, 15) is 18.0 Å². The van der Waals surface area contributed by atoms with Crippen molar-refractivity contribution in [1.82, 2.24) is 0 Å². The van der Waals surface area contributed by atoms with Gasteiger partial charge in [-0.05, 0) is 12.1 Å². The second kappa shape index (κ2) is 3.62. The highest BCUT2D eigenvalue weighted by Gasteiger charge is 2.36. The van der Waals surface area contributed by atoms with Crippen LogP contribution < -0.4 is 5.73 Å². The molecule has 0 atom stereocenters. The van der Waals surface area contributed by atoms with Gasteiger partial charge < -0.3 is 10.8 Å². The molecule has 0 aliphatic rings. The van der Waals surface area contributed by atoms with Gasteiger partial charge in [0, 0.05) is 10.7 Å². The number of nitrogen functional groups attached to an aromatic ring is 1. The van der Waals surface area contributed by atoms with Crippen molar-refractivity contribution in [2.75, 3.05) is 5.73 Å². The summed E-state index contributed by atoms with van der Waals surface area (Å²) in [6, 6.07) is 1.49. The lowest BCUT2D eigenvalue weighted by Gasteiger charge is -2.12. The summed E-state index contributed by atoms with van der Waals surface area (Å²) < 4.78 is 37.2. The van der Waals surface area contributed by atoms with Crippen molar-refractivity contribution in [3.8, 4) is 0 Å². The molecule has 0 aliphatic carbocycles. The van der Waals surface area contributed by atoms with Crippen LogP contribution in [-0.4, -0.2) is 11.1 Å². The van der Waals surface area contributed by atoms with Crippen molar-refractivity contribution in [3.05, 3.63) is 28.3 Å². The molecule has 1 rings (SSSR count). The van der Waals surface area contributed by atoms with E-state index in [0.29, 0.717) is 6.07 Å². The van der Waals surface area contributed by atoms with Gasteiger partial charge in [0.15, 0.2) is 0 Å². The molecule has 0 amide bonds. The third-order valence-electron chi connectivity index (χ3n) is 1.65. The van der Waals surface area contributed by atoms with E-state index in [2.05, 4.69) is 0 Å². The van der Waals surface area contributed by atoms with Gasteiger partial charge in [-0.1, -0.05) is 11.6 Å². The van der Waals surface area contributed by atoms with Crippen LogP contribution in [0.15, 0.2) is 12.1 Å². The molecule has 0 saturated heterocycles. The molecule has 0 unspecified atom stereocenters. The van der Waals surface area contributed by atoms with Crippen LogP contribution in [-0.2, 0) is 6.18 Å². The highest BCUT2D eigenvalue weighted by molar-refractivity contribution is 6.31. The van der Waals surface area contributed by atoms with Crippen molar-refractivity contribution in [3.63, 3.8) is 0 Å². The first kappa shape index (κ1) is 11.6. The number of carboxylic acids is 1. The Morgan fingerprint density at radius 1 is 1.40 bits per heavy atom. The minimum absolute atomic E-state index is 0.259. The number of carboxylic acid groups (broad SMARTS) is 1. The zero-order chi connectivity index (χ0) is 11.8. The van der Waals surface area contributed by atoms with Gasteiger partial charge in [0.05, 0.1) is 11.1 Å². The fraction of sp³-hybridized carbons (Fsp3) is 0.125. The van der Waals surface area contributed by atoms with Crippen molar-refractivity contribution in [2.24, 2.45) is 0 Å². The van der Waals surface area contributed by atoms with E-state index in [-0.39, 0.29) is 5.02 Å². The van der Waals surface area contributed by atoms with Crippen LogP contribution in [0.2, 0.25) is 5.02 Å². The molecule has 0 heterocycles. The average Bonchev–Trinajstić information content (AvgIpc) is 1.99. The SMILES string of the molecule is Nc1cc(Cl)cc(C(F)(F)F)c1C(=O)O. The predicted octanol–water partition coefficient (Wildman–Crippen LogP) is 2.64. The van der Waals surface area contributed by atoms with E-state index in [1.54, 1.807) is 0 Å². The lowest BCUT2D eigenvalue weighted by atomic mass is 10.1. The van der Waals surface area contributed by atoms with Crippen LogP contribution >= 0.6 is 11.6 Å². The summed E-state index contributed by atoms with van der Waals surface area (Å²) in [6.45, 7) is 0. The molecule has 0 aliphatic heterocycles. The summed E-state index contributed by atoms with van der Waals surface area (Å²) in [4.78, 5) is 10.6. The molecule has 0 fully saturated rings. The number of aromatic carboxylic acids is 1. The number of hydrogen-bond donors (Lipinski definition) is 2. The quantitative estimate of drug-likeness (QED) is 0.741. The molecule has 0 saturated carbocycles. The zero-order valence-electron chi connectivity index (χ0n) is 7.10. The Bertz CT molecular complexity index is 417. The number of benzene rings is 1. The Morgan fingerprint density at radius 3 is 2.33 bits per heavy atom. The molecular formula is C8H5ClF3NO2. The molecule has 0 bridgehead atoms. The lowest BCUT2D eigenvalue weighted by molar-refractivity contribution is -0.138. The first-order chi connectivity index (χ1) is 6.73. The summed E-state index contributed by atoms with van der Waals surface area (Å²) in [5.41, 5.74) is 2.32. The smallest absolute Gasteiger partial charge is 0.417 e. The molecule has 0 spiro atoms. The van der Waals surface area contributed by atoms with Gasteiger partial charge in [-0.2, -0.15) is 13.2 Å². The van der Waals surface area contributed by atoms with E-state index in [1.165, 1.54) is 0 Å². The monoisotopic (exact) mass is 239 g/mol. The maximum atomic E-state index is 12.4. The fourth-order valence-electron chi connectivity index (χ4n) is 1.09. The number of halogens is 4. The molecular weight excluding hydrogens is 235 g/mol. The number of anilines is 1. The minimum atomic E-state index is -4.80. The van der Waals surface area contributed by atoms with Crippen LogP contribution in [0, 0.1) is 0 Å². The largest absolute Gasteiger partial charge is 0.478 e. The molecule has 1 aromatic carbocycles. The fourth-order valence-corrected chi connectivity index (χ4v) is 1.32. The first-order valence-electron chi connectivity index (χ1n) is 3.63.